The molecule has 0 amide bonds. The minimum atomic E-state index is 0. The van der Waals surface area contributed by atoms with Crippen LogP contribution in [0.2, 0.25) is 0 Å². The van der Waals surface area contributed by atoms with Crippen molar-refractivity contribution in [2.75, 3.05) is 39.5 Å². The number of aryl methyl sites for hydroxylation is 1. The van der Waals surface area contributed by atoms with Crippen molar-refractivity contribution in [3.63, 3.8) is 0 Å². The van der Waals surface area contributed by atoms with Crippen LogP contribution in [0.25, 0.3) is 0 Å². The van der Waals surface area contributed by atoms with E-state index in [1.807, 2.05) is 32.0 Å². The number of nitrogens with zero attached hydrogens (tertiary/aromatic N) is 1. The Morgan fingerprint density at radius 2 is 2.05 bits per heavy atom. The molecule has 118 valence electrons. The molecule has 0 bridgehead atoms. The summed E-state index contributed by atoms with van der Waals surface area (Å²) in [7, 11) is 0. The number of ether oxygens (including phenoxy) is 2. The van der Waals surface area contributed by atoms with Crippen molar-refractivity contribution >= 4 is 18.2 Å². The number of carbonyl (C=O) groups is 1. The molecule has 0 atom stereocenters. The molecule has 5 heteroatoms. The van der Waals surface area contributed by atoms with Gasteiger partial charge >= 0.3 is 0 Å². The van der Waals surface area contributed by atoms with Gasteiger partial charge in [0, 0.05) is 26.1 Å². The Labute approximate surface area is 132 Å². The van der Waals surface area contributed by atoms with Gasteiger partial charge in [-0.05, 0) is 19.1 Å². The minimum Gasteiger partial charge on any atom is -0.491 e. The second kappa shape index (κ2) is 9.03. The van der Waals surface area contributed by atoms with E-state index < -0.39 is 0 Å². The van der Waals surface area contributed by atoms with Crippen molar-refractivity contribution in [2.45, 2.75) is 20.3 Å². The number of hydrogen-bond donors (Lipinski definition) is 0. The molecule has 1 saturated heterocycles. The third-order valence-corrected chi connectivity index (χ3v) is 3.53. The fourth-order valence-corrected chi connectivity index (χ4v) is 2.29. The van der Waals surface area contributed by atoms with Crippen molar-refractivity contribution in [1.82, 2.24) is 4.90 Å². The highest BCUT2D eigenvalue weighted by atomic mass is 35.5. The third-order valence-electron chi connectivity index (χ3n) is 3.53. The molecule has 21 heavy (non-hydrogen) atoms. The number of rotatable bonds is 6. The van der Waals surface area contributed by atoms with E-state index in [1.54, 1.807) is 0 Å². The molecular formula is C16H24ClNO3. The van der Waals surface area contributed by atoms with Gasteiger partial charge in [0.05, 0.1) is 18.8 Å². The monoisotopic (exact) mass is 313 g/mol. The van der Waals surface area contributed by atoms with E-state index in [2.05, 4.69) is 4.90 Å². The quantitative estimate of drug-likeness (QED) is 0.757. The molecule has 1 aromatic rings. The van der Waals surface area contributed by atoms with E-state index in [4.69, 9.17) is 9.47 Å². The molecular weight excluding hydrogens is 290 g/mol. The molecule has 1 aromatic carbocycles. The molecule has 0 N–H and O–H groups in total. The van der Waals surface area contributed by atoms with Crippen molar-refractivity contribution in [2.24, 2.45) is 0 Å². The minimum absolute atomic E-state index is 0. The first-order chi connectivity index (χ1) is 9.70. The van der Waals surface area contributed by atoms with Crippen LogP contribution in [-0.2, 0) is 4.74 Å². The summed E-state index contributed by atoms with van der Waals surface area (Å²) in [5.41, 5.74) is 1.79. The van der Waals surface area contributed by atoms with Crippen molar-refractivity contribution in [1.29, 1.82) is 0 Å². The maximum absolute atomic E-state index is 11.9. The largest absolute Gasteiger partial charge is 0.491 e. The Bertz CT molecular complexity index is 459. The topological polar surface area (TPSA) is 38.8 Å². The van der Waals surface area contributed by atoms with Gasteiger partial charge in [-0.15, -0.1) is 12.4 Å². The first-order valence-electron chi connectivity index (χ1n) is 7.27. The van der Waals surface area contributed by atoms with Gasteiger partial charge in [0.15, 0.2) is 5.78 Å². The highest BCUT2D eigenvalue weighted by molar-refractivity contribution is 5.98. The summed E-state index contributed by atoms with van der Waals surface area (Å²) in [6.07, 6.45) is 0.503. The van der Waals surface area contributed by atoms with Crippen LogP contribution >= 0.6 is 12.4 Å². The molecule has 0 radical (unpaired) electrons. The molecule has 1 fully saturated rings. The second-order valence-electron chi connectivity index (χ2n) is 5.08. The average Bonchev–Trinajstić information content (AvgIpc) is 2.49. The number of halogens is 1. The number of ketones is 1. The predicted octanol–water partition coefficient (Wildman–Crippen LogP) is 2.72. The maximum Gasteiger partial charge on any atom is 0.166 e. The van der Waals surface area contributed by atoms with E-state index in [1.165, 1.54) is 0 Å². The summed E-state index contributed by atoms with van der Waals surface area (Å²) in [6, 6.07) is 5.80. The SMILES string of the molecule is CCC(=O)c1cc(C)ccc1OCCN1CCOCC1.Cl. The number of morpholine rings is 1. The van der Waals surface area contributed by atoms with Crippen LogP contribution < -0.4 is 4.74 Å². The van der Waals surface area contributed by atoms with E-state index in [9.17, 15) is 4.79 Å². The number of benzene rings is 1. The molecule has 0 spiro atoms. The first kappa shape index (κ1) is 18.0. The van der Waals surface area contributed by atoms with Gasteiger partial charge in [0.25, 0.3) is 0 Å². The predicted molar refractivity (Wildman–Crippen MR) is 85.8 cm³/mol. The molecule has 0 unspecified atom stereocenters. The van der Waals surface area contributed by atoms with E-state index in [0.29, 0.717) is 24.3 Å². The van der Waals surface area contributed by atoms with Gasteiger partial charge in [-0.2, -0.15) is 0 Å². The Hall–Kier alpha value is -1.10. The van der Waals surface area contributed by atoms with Gasteiger partial charge < -0.3 is 9.47 Å². The second-order valence-corrected chi connectivity index (χ2v) is 5.08. The van der Waals surface area contributed by atoms with Crippen LogP contribution in [0, 0.1) is 6.92 Å². The van der Waals surface area contributed by atoms with Crippen LogP contribution in [0.1, 0.15) is 29.3 Å². The highest BCUT2D eigenvalue weighted by Gasteiger charge is 2.13. The zero-order chi connectivity index (χ0) is 14.4. The summed E-state index contributed by atoms with van der Waals surface area (Å²) in [5.74, 6) is 0.839. The smallest absolute Gasteiger partial charge is 0.166 e. The van der Waals surface area contributed by atoms with Gasteiger partial charge in [-0.1, -0.05) is 18.6 Å². The zero-order valence-corrected chi connectivity index (χ0v) is 13.6. The molecule has 0 aromatic heterocycles. The number of carbonyl (C=O) groups excluding carboxylic acids is 1. The maximum atomic E-state index is 11.9. The normalized spacial score (nSPS) is 15.3. The Balaban J connectivity index is 0.00000220. The van der Waals surface area contributed by atoms with Crippen LogP contribution in [0.5, 0.6) is 5.75 Å². The Kier molecular flexibility index (Phi) is 7.72. The van der Waals surface area contributed by atoms with E-state index in [-0.39, 0.29) is 18.2 Å². The number of Topliss-reactive ketones (excluding diaryl/α,β-unsaturated/α-hetero) is 1. The van der Waals surface area contributed by atoms with Gasteiger partial charge in [0.1, 0.15) is 12.4 Å². The summed E-state index contributed by atoms with van der Waals surface area (Å²) in [6.45, 7) is 8.85. The molecule has 4 nitrogen and oxygen atoms in total. The third kappa shape index (κ3) is 5.30. The Morgan fingerprint density at radius 1 is 1.33 bits per heavy atom. The van der Waals surface area contributed by atoms with Crippen LogP contribution in [0.15, 0.2) is 18.2 Å². The standard InChI is InChI=1S/C16H23NO3.ClH/c1-3-15(18)14-12-13(2)4-5-16(14)20-11-8-17-6-9-19-10-7-17;/h4-5,12H,3,6-11H2,1-2H3;1H. The first-order valence-corrected chi connectivity index (χ1v) is 7.27. The summed E-state index contributed by atoms with van der Waals surface area (Å²) in [5, 5.41) is 0. The van der Waals surface area contributed by atoms with Crippen LogP contribution in [0.4, 0.5) is 0 Å². The lowest BCUT2D eigenvalue weighted by atomic mass is 10.1. The van der Waals surface area contributed by atoms with Gasteiger partial charge in [-0.25, -0.2) is 0 Å². The van der Waals surface area contributed by atoms with Crippen molar-refractivity contribution in [3.05, 3.63) is 29.3 Å². The lowest BCUT2D eigenvalue weighted by molar-refractivity contribution is 0.0322. The summed E-state index contributed by atoms with van der Waals surface area (Å²) in [4.78, 5) is 14.3. The highest BCUT2D eigenvalue weighted by Crippen LogP contribution is 2.21. The molecule has 2 rings (SSSR count). The lowest BCUT2D eigenvalue weighted by Crippen LogP contribution is -2.38. The van der Waals surface area contributed by atoms with E-state index >= 15 is 0 Å². The average molecular weight is 314 g/mol. The Morgan fingerprint density at radius 3 is 2.71 bits per heavy atom. The van der Waals surface area contributed by atoms with Crippen LogP contribution in [0.3, 0.4) is 0 Å². The van der Waals surface area contributed by atoms with E-state index in [0.717, 1.165) is 38.4 Å². The van der Waals surface area contributed by atoms with Crippen LogP contribution in [-0.4, -0.2) is 50.1 Å². The number of hydrogen-bond acceptors (Lipinski definition) is 4. The lowest BCUT2D eigenvalue weighted by Gasteiger charge is -2.26. The fourth-order valence-electron chi connectivity index (χ4n) is 2.29. The molecule has 1 aliphatic heterocycles. The van der Waals surface area contributed by atoms with Crippen molar-refractivity contribution < 1.29 is 14.3 Å². The summed E-state index contributed by atoms with van der Waals surface area (Å²) < 4.78 is 11.1. The zero-order valence-electron chi connectivity index (χ0n) is 12.8. The van der Waals surface area contributed by atoms with Gasteiger partial charge in [0.2, 0.25) is 0 Å². The molecule has 1 heterocycles. The van der Waals surface area contributed by atoms with Crippen molar-refractivity contribution in [3.8, 4) is 5.75 Å². The molecule has 0 aliphatic carbocycles. The fraction of sp³-hybridized carbons (Fsp3) is 0.562. The molecule has 1 aliphatic rings. The molecule has 0 saturated carbocycles. The van der Waals surface area contributed by atoms with Gasteiger partial charge in [-0.3, -0.25) is 9.69 Å². The summed E-state index contributed by atoms with van der Waals surface area (Å²) >= 11 is 0.